The van der Waals surface area contributed by atoms with Crippen molar-refractivity contribution < 1.29 is 22.7 Å². The van der Waals surface area contributed by atoms with Gasteiger partial charge in [-0.1, -0.05) is 13.0 Å². The summed E-state index contributed by atoms with van der Waals surface area (Å²) in [5.74, 6) is 0.259. The first-order valence-electron chi connectivity index (χ1n) is 8.38. The maximum Gasteiger partial charge on any atom is 0.428 e. The van der Waals surface area contributed by atoms with Crippen LogP contribution in [0.3, 0.4) is 0 Å². The Hall–Kier alpha value is -2.29. The number of anilines is 1. The zero-order valence-electron chi connectivity index (χ0n) is 14.6. The van der Waals surface area contributed by atoms with Gasteiger partial charge in [-0.15, -0.1) is 0 Å². The molecule has 3 rings (SSSR count). The highest BCUT2D eigenvalue weighted by Crippen LogP contribution is 2.38. The van der Waals surface area contributed by atoms with E-state index in [2.05, 4.69) is 15.4 Å². The van der Waals surface area contributed by atoms with Crippen molar-refractivity contribution in [3.63, 3.8) is 0 Å². The van der Waals surface area contributed by atoms with Gasteiger partial charge >= 0.3 is 12.3 Å². The summed E-state index contributed by atoms with van der Waals surface area (Å²) in [7, 11) is 1.98. The maximum atomic E-state index is 13.7. The van der Waals surface area contributed by atoms with E-state index < -0.39 is 17.8 Å². The van der Waals surface area contributed by atoms with Crippen molar-refractivity contribution >= 4 is 17.5 Å². The summed E-state index contributed by atoms with van der Waals surface area (Å²) < 4.78 is 45.9. The first-order valence-corrected chi connectivity index (χ1v) is 8.38. The first kappa shape index (κ1) is 18.5. The number of ether oxygens (including phenoxy) is 1. The van der Waals surface area contributed by atoms with Crippen molar-refractivity contribution in [3.05, 3.63) is 29.3 Å². The minimum absolute atomic E-state index is 0.159. The molecule has 0 saturated carbocycles. The number of hydrogen-bond acceptors (Lipinski definition) is 5. The molecule has 6 nitrogen and oxygen atoms in total. The summed E-state index contributed by atoms with van der Waals surface area (Å²) >= 11 is 0. The van der Waals surface area contributed by atoms with Crippen LogP contribution in [0.25, 0.3) is 0 Å². The summed E-state index contributed by atoms with van der Waals surface area (Å²) in [6, 6.07) is 4.15. The van der Waals surface area contributed by atoms with E-state index in [4.69, 9.17) is 4.74 Å². The van der Waals surface area contributed by atoms with Gasteiger partial charge in [0.15, 0.2) is 0 Å². The minimum atomic E-state index is -4.49. The smallest absolute Gasteiger partial charge is 0.428 e. The van der Waals surface area contributed by atoms with Crippen LogP contribution in [0.2, 0.25) is 0 Å². The second kappa shape index (κ2) is 7.14. The molecule has 1 fully saturated rings. The molecule has 2 aliphatic rings. The number of nitrogens with one attached hydrogen (secondary N) is 1. The van der Waals surface area contributed by atoms with E-state index in [1.165, 1.54) is 6.07 Å². The fraction of sp³-hybridized carbons (Fsp3) is 0.529. The summed E-state index contributed by atoms with van der Waals surface area (Å²) in [5.41, 5.74) is 2.12. The Balaban J connectivity index is 1.96. The van der Waals surface area contributed by atoms with Crippen LogP contribution in [0.5, 0.6) is 0 Å². The lowest BCUT2D eigenvalue weighted by Crippen LogP contribution is -2.32. The largest absolute Gasteiger partial charge is 0.442 e. The van der Waals surface area contributed by atoms with Crippen molar-refractivity contribution in [1.29, 1.82) is 0 Å². The van der Waals surface area contributed by atoms with E-state index in [1.807, 2.05) is 14.0 Å². The Morgan fingerprint density at radius 3 is 2.69 bits per heavy atom. The molecular weight excluding hydrogens is 349 g/mol. The van der Waals surface area contributed by atoms with Crippen molar-refractivity contribution in [3.8, 4) is 0 Å². The van der Waals surface area contributed by atoms with Crippen LogP contribution in [-0.4, -0.2) is 56.5 Å². The summed E-state index contributed by atoms with van der Waals surface area (Å²) in [6.45, 7) is 4.53. The molecule has 142 valence electrons. The predicted molar refractivity (Wildman–Crippen MR) is 91.3 cm³/mol. The van der Waals surface area contributed by atoms with Crippen molar-refractivity contribution in [2.75, 3.05) is 44.7 Å². The summed E-state index contributed by atoms with van der Waals surface area (Å²) in [4.78, 5) is 14.9. The zero-order valence-corrected chi connectivity index (χ0v) is 14.6. The minimum Gasteiger partial charge on any atom is -0.442 e. The fourth-order valence-electron chi connectivity index (χ4n) is 3.34. The molecule has 2 heterocycles. The van der Waals surface area contributed by atoms with Crippen LogP contribution < -0.4 is 10.3 Å². The Bertz CT molecular complexity index is 720. The van der Waals surface area contributed by atoms with Gasteiger partial charge in [-0.05, 0) is 25.1 Å². The topological polar surface area (TPSA) is 57.2 Å². The lowest BCUT2D eigenvalue weighted by atomic mass is 10.0. The molecule has 0 aromatic heterocycles. The SMILES string of the molecule is CC1CN(C)CCN(c2ccc(C3=NNC(=O)OC3)cc2C(F)(F)F)C1. The number of carbonyl (C=O) groups excluding carboxylic acids is 1. The molecule has 2 aliphatic heterocycles. The van der Waals surface area contributed by atoms with Gasteiger partial charge in [0.05, 0.1) is 5.56 Å². The highest BCUT2D eigenvalue weighted by Gasteiger charge is 2.36. The molecule has 26 heavy (non-hydrogen) atoms. The van der Waals surface area contributed by atoms with Crippen molar-refractivity contribution in [1.82, 2.24) is 10.3 Å². The predicted octanol–water partition coefficient (Wildman–Crippen LogP) is 2.54. The number of hydrazone groups is 1. The molecule has 1 saturated heterocycles. The van der Waals surface area contributed by atoms with Crippen LogP contribution in [0, 0.1) is 5.92 Å². The third kappa shape index (κ3) is 4.09. The van der Waals surface area contributed by atoms with E-state index in [1.54, 1.807) is 11.0 Å². The van der Waals surface area contributed by atoms with Crippen LogP contribution >= 0.6 is 0 Å². The van der Waals surface area contributed by atoms with Gasteiger partial charge < -0.3 is 14.5 Å². The Morgan fingerprint density at radius 2 is 2.04 bits per heavy atom. The standard InChI is InChI=1S/C17H21F3N4O2/c1-11-8-23(2)5-6-24(9-11)15-4-3-12(7-13(15)17(18,19)20)14-10-26-16(25)22-21-14/h3-4,7,11H,5-6,8-10H2,1-2H3,(H,22,25). The monoisotopic (exact) mass is 370 g/mol. The van der Waals surface area contributed by atoms with E-state index in [-0.39, 0.29) is 29.5 Å². The normalized spacial score (nSPS) is 22.3. The second-order valence-corrected chi connectivity index (χ2v) is 6.79. The average Bonchev–Trinajstić information content (AvgIpc) is 2.74. The van der Waals surface area contributed by atoms with E-state index in [0.29, 0.717) is 19.6 Å². The molecule has 0 bridgehead atoms. The quantitative estimate of drug-likeness (QED) is 0.869. The highest BCUT2D eigenvalue weighted by molar-refractivity contribution is 6.04. The molecule has 1 unspecified atom stereocenters. The summed E-state index contributed by atoms with van der Waals surface area (Å²) in [6.07, 6.45) is -5.21. The number of nitrogens with zero attached hydrogens (tertiary/aromatic N) is 3. The van der Waals surface area contributed by atoms with Crippen LogP contribution in [0.1, 0.15) is 18.1 Å². The van der Waals surface area contributed by atoms with E-state index in [0.717, 1.165) is 12.6 Å². The van der Waals surface area contributed by atoms with E-state index >= 15 is 0 Å². The second-order valence-electron chi connectivity index (χ2n) is 6.79. The van der Waals surface area contributed by atoms with Gasteiger partial charge in [0, 0.05) is 37.4 Å². The Morgan fingerprint density at radius 1 is 1.27 bits per heavy atom. The van der Waals surface area contributed by atoms with Gasteiger partial charge in [0.25, 0.3) is 0 Å². The highest BCUT2D eigenvalue weighted by atomic mass is 19.4. The number of hydrogen-bond donors (Lipinski definition) is 1. The van der Waals surface area contributed by atoms with Gasteiger partial charge in [-0.25, -0.2) is 10.2 Å². The molecule has 1 atom stereocenters. The van der Waals surface area contributed by atoms with Gasteiger partial charge in [-0.3, -0.25) is 0 Å². The molecule has 0 aliphatic carbocycles. The number of amides is 1. The number of rotatable bonds is 2. The van der Waals surface area contributed by atoms with Crippen LogP contribution in [0.4, 0.5) is 23.7 Å². The molecule has 9 heteroatoms. The Kier molecular flexibility index (Phi) is 5.08. The lowest BCUT2D eigenvalue weighted by Gasteiger charge is -2.28. The number of alkyl halides is 3. The molecule has 1 aromatic rings. The summed E-state index contributed by atoms with van der Waals surface area (Å²) in [5, 5.41) is 3.79. The lowest BCUT2D eigenvalue weighted by molar-refractivity contribution is -0.137. The molecule has 1 aromatic carbocycles. The Labute approximate surface area is 149 Å². The van der Waals surface area contributed by atoms with Crippen molar-refractivity contribution in [2.45, 2.75) is 13.1 Å². The first-order chi connectivity index (χ1) is 12.2. The zero-order chi connectivity index (χ0) is 18.9. The third-order valence-corrected chi connectivity index (χ3v) is 4.51. The third-order valence-electron chi connectivity index (χ3n) is 4.51. The average molecular weight is 370 g/mol. The number of halogens is 3. The number of benzene rings is 1. The van der Waals surface area contributed by atoms with Gasteiger partial charge in [0.1, 0.15) is 12.3 Å². The molecule has 0 spiro atoms. The number of likely N-dealkylation sites (N-methyl/N-ethyl adjacent to an activating group) is 1. The number of carbonyl (C=O) groups is 1. The fourth-order valence-corrected chi connectivity index (χ4v) is 3.34. The molecule has 1 N–H and O–H groups in total. The molecular formula is C17H21F3N4O2. The number of cyclic esters (lactones) is 1. The van der Waals surface area contributed by atoms with Gasteiger partial charge in [-0.2, -0.15) is 18.3 Å². The maximum absolute atomic E-state index is 13.7. The van der Waals surface area contributed by atoms with E-state index in [9.17, 15) is 18.0 Å². The van der Waals surface area contributed by atoms with Crippen LogP contribution in [0.15, 0.2) is 23.3 Å². The van der Waals surface area contributed by atoms with Crippen LogP contribution in [-0.2, 0) is 10.9 Å². The van der Waals surface area contributed by atoms with Gasteiger partial charge in [0.2, 0.25) is 0 Å². The van der Waals surface area contributed by atoms with Crippen molar-refractivity contribution in [2.24, 2.45) is 11.0 Å². The molecule has 0 radical (unpaired) electrons. The molecule has 1 amide bonds.